The fourth-order valence-electron chi connectivity index (χ4n) is 1.61. The summed E-state index contributed by atoms with van der Waals surface area (Å²) < 4.78 is 5.05. The monoisotopic (exact) mass is 219 g/mol. The van der Waals surface area contributed by atoms with Crippen LogP contribution in [0.25, 0.3) is 11.0 Å². The second kappa shape index (κ2) is 3.98. The van der Waals surface area contributed by atoms with Crippen LogP contribution >= 0.6 is 0 Å². The predicted molar refractivity (Wildman–Crippen MR) is 61.5 cm³/mol. The Kier molecular flexibility index (Phi) is 2.66. The lowest BCUT2D eigenvalue weighted by atomic mass is 10.1. The molecule has 0 saturated heterocycles. The summed E-state index contributed by atoms with van der Waals surface area (Å²) in [5.41, 5.74) is 0.864. The van der Waals surface area contributed by atoms with Crippen molar-refractivity contribution in [3.63, 3.8) is 0 Å². The van der Waals surface area contributed by atoms with E-state index in [0.717, 1.165) is 10.9 Å². The summed E-state index contributed by atoms with van der Waals surface area (Å²) in [7, 11) is 3.82. The summed E-state index contributed by atoms with van der Waals surface area (Å²) in [6.07, 6.45) is 0. The molecule has 0 bridgehead atoms. The number of benzene rings is 1. The number of aromatic hydroxyl groups is 1. The number of nitrogens with zero attached hydrogens (tertiary/aromatic N) is 1. The first-order valence-electron chi connectivity index (χ1n) is 4.97. The summed E-state index contributed by atoms with van der Waals surface area (Å²) in [4.78, 5) is 13.0. The van der Waals surface area contributed by atoms with Crippen molar-refractivity contribution in [3.8, 4) is 5.75 Å². The van der Waals surface area contributed by atoms with Crippen molar-refractivity contribution >= 4 is 11.0 Å². The van der Waals surface area contributed by atoms with Crippen LogP contribution in [-0.4, -0.2) is 24.1 Å². The Bertz CT molecular complexity index is 572. The van der Waals surface area contributed by atoms with Crippen LogP contribution in [0.15, 0.2) is 33.5 Å². The Balaban J connectivity index is 2.59. The van der Waals surface area contributed by atoms with E-state index in [1.165, 1.54) is 6.07 Å². The average Bonchev–Trinajstić information content (AvgIpc) is 2.19. The van der Waals surface area contributed by atoms with Crippen molar-refractivity contribution in [3.05, 3.63) is 40.2 Å². The molecule has 4 heteroatoms. The number of rotatable bonds is 2. The van der Waals surface area contributed by atoms with E-state index in [4.69, 9.17) is 4.42 Å². The molecular formula is C12H13NO3. The van der Waals surface area contributed by atoms with Gasteiger partial charge in [-0.25, -0.2) is 4.79 Å². The highest BCUT2D eigenvalue weighted by Gasteiger charge is 2.06. The van der Waals surface area contributed by atoms with Crippen LogP contribution in [0, 0.1) is 0 Å². The normalized spacial score (nSPS) is 11.2. The van der Waals surface area contributed by atoms with Crippen molar-refractivity contribution in [2.75, 3.05) is 14.1 Å². The smallest absolute Gasteiger partial charge is 0.336 e. The third-order valence-corrected chi connectivity index (χ3v) is 2.31. The minimum atomic E-state index is -0.381. The third-order valence-electron chi connectivity index (χ3n) is 2.31. The molecule has 16 heavy (non-hydrogen) atoms. The molecule has 0 amide bonds. The lowest BCUT2D eigenvalue weighted by Crippen LogP contribution is -2.10. The van der Waals surface area contributed by atoms with Crippen LogP contribution < -0.4 is 5.63 Å². The molecule has 1 N–H and O–H groups in total. The molecule has 0 unspecified atom stereocenters. The number of hydrogen-bond acceptors (Lipinski definition) is 4. The van der Waals surface area contributed by atoms with Gasteiger partial charge in [-0.2, -0.15) is 0 Å². The van der Waals surface area contributed by atoms with Gasteiger partial charge < -0.3 is 14.4 Å². The summed E-state index contributed by atoms with van der Waals surface area (Å²) in [5, 5.41) is 10.5. The molecule has 0 radical (unpaired) electrons. The molecular weight excluding hydrogens is 206 g/mol. The summed E-state index contributed by atoms with van der Waals surface area (Å²) in [6, 6.07) is 6.29. The largest absolute Gasteiger partial charge is 0.508 e. The number of phenolic OH excluding ortho intramolecular Hbond substituents is 1. The SMILES string of the molecule is CN(C)Cc1cc2oc(=O)ccc2cc1O. The van der Waals surface area contributed by atoms with Gasteiger partial charge in [0.25, 0.3) is 0 Å². The molecule has 0 aliphatic carbocycles. The van der Waals surface area contributed by atoms with Crippen LogP contribution in [0.2, 0.25) is 0 Å². The molecule has 2 aromatic rings. The van der Waals surface area contributed by atoms with Crippen molar-refractivity contribution in [2.45, 2.75) is 6.54 Å². The highest BCUT2D eigenvalue weighted by Crippen LogP contribution is 2.24. The third kappa shape index (κ3) is 2.06. The molecule has 0 spiro atoms. The molecule has 0 aliphatic heterocycles. The highest BCUT2D eigenvalue weighted by molar-refractivity contribution is 5.79. The van der Waals surface area contributed by atoms with Gasteiger partial charge in [0.15, 0.2) is 0 Å². The lowest BCUT2D eigenvalue weighted by molar-refractivity contribution is 0.385. The molecule has 4 nitrogen and oxygen atoms in total. The molecule has 0 fully saturated rings. The first-order valence-corrected chi connectivity index (χ1v) is 4.97. The highest BCUT2D eigenvalue weighted by atomic mass is 16.4. The Morgan fingerprint density at radius 3 is 2.75 bits per heavy atom. The van der Waals surface area contributed by atoms with Gasteiger partial charge in [-0.3, -0.25) is 0 Å². The fourth-order valence-corrected chi connectivity index (χ4v) is 1.61. The molecule has 1 heterocycles. The van der Waals surface area contributed by atoms with Gasteiger partial charge >= 0.3 is 5.63 Å². The van der Waals surface area contributed by atoms with Crippen LogP contribution in [-0.2, 0) is 6.54 Å². The van der Waals surface area contributed by atoms with Crippen molar-refractivity contribution in [2.24, 2.45) is 0 Å². The van der Waals surface area contributed by atoms with Crippen LogP contribution in [0.5, 0.6) is 5.75 Å². The van der Waals surface area contributed by atoms with E-state index >= 15 is 0 Å². The quantitative estimate of drug-likeness (QED) is 0.779. The van der Waals surface area contributed by atoms with Crippen molar-refractivity contribution < 1.29 is 9.52 Å². The predicted octanol–water partition coefficient (Wildman–Crippen LogP) is 1.56. The van der Waals surface area contributed by atoms with E-state index in [9.17, 15) is 9.90 Å². The second-order valence-corrected chi connectivity index (χ2v) is 4.01. The Morgan fingerprint density at radius 2 is 2.06 bits per heavy atom. The van der Waals surface area contributed by atoms with E-state index in [-0.39, 0.29) is 11.4 Å². The Hall–Kier alpha value is -1.81. The summed E-state index contributed by atoms with van der Waals surface area (Å²) in [5.74, 6) is 0.218. The fraction of sp³-hybridized carbons (Fsp3) is 0.250. The zero-order valence-electron chi connectivity index (χ0n) is 9.23. The first kappa shape index (κ1) is 10.7. The second-order valence-electron chi connectivity index (χ2n) is 4.01. The first-order chi connectivity index (χ1) is 7.56. The van der Waals surface area contributed by atoms with Gasteiger partial charge in [-0.05, 0) is 32.3 Å². The number of fused-ring (bicyclic) bond motifs is 1. The van der Waals surface area contributed by atoms with Gasteiger partial charge in [0.05, 0.1) is 0 Å². The van der Waals surface area contributed by atoms with Crippen molar-refractivity contribution in [1.82, 2.24) is 4.90 Å². The summed E-state index contributed by atoms with van der Waals surface area (Å²) in [6.45, 7) is 0.598. The molecule has 84 valence electrons. The van der Waals surface area contributed by atoms with E-state index in [0.29, 0.717) is 12.1 Å². The maximum atomic E-state index is 11.1. The minimum absolute atomic E-state index is 0.218. The Labute approximate surface area is 92.7 Å². The van der Waals surface area contributed by atoms with Gasteiger partial charge in [0, 0.05) is 23.6 Å². The summed E-state index contributed by atoms with van der Waals surface area (Å²) >= 11 is 0. The van der Waals surface area contributed by atoms with E-state index in [1.807, 2.05) is 19.0 Å². The van der Waals surface area contributed by atoms with E-state index < -0.39 is 0 Å². The Morgan fingerprint density at radius 1 is 1.31 bits per heavy atom. The zero-order chi connectivity index (χ0) is 11.7. The van der Waals surface area contributed by atoms with Gasteiger partial charge in [-0.1, -0.05) is 0 Å². The molecule has 2 rings (SSSR count). The van der Waals surface area contributed by atoms with Crippen LogP contribution in [0.4, 0.5) is 0 Å². The van der Waals surface area contributed by atoms with E-state index in [2.05, 4.69) is 0 Å². The zero-order valence-corrected chi connectivity index (χ0v) is 9.23. The minimum Gasteiger partial charge on any atom is -0.508 e. The van der Waals surface area contributed by atoms with Gasteiger partial charge in [-0.15, -0.1) is 0 Å². The standard InChI is InChI=1S/C12H13NO3/c1-13(2)7-9-6-11-8(5-10(9)14)3-4-12(15)16-11/h3-6,14H,7H2,1-2H3. The number of phenols is 1. The van der Waals surface area contributed by atoms with Crippen LogP contribution in [0.3, 0.4) is 0 Å². The average molecular weight is 219 g/mol. The lowest BCUT2D eigenvalue weighted by Gasteiger charge is -2.11. The number of hydrogen-bond donors (Lipinski definition) is 1. The van der Waals surface area contributed by atoms with Gasteiger partial charge in [0.2, 0.25) is 0 Å². The molecule has 0 saturated carbocycles. The molecule has 1 aromatic heterocycles. The molecule has 1 aromatic carbocycles. The molecule has 0 atom stereocenters. The van der Waals surface area contributed by atoms with Gasteiger partial charge in [0.1, 0.15) is 11.3 Å². The van der Waals surface area contributed by atoms with Crippen molar-refractivity contribution in [1.29, 1.82) is 0 Å². The van der Waals surface area contributed by atoms with Crippen LogP contribution in [0.1, 0.15) is 5.56 Å². The maximum absolute atomic E-state index is 11.1. The molecule has 0 aliphatic rings. The maximum Gasteiger partial charge on any atom is 0.336 e. The topological polar surface area (TPSA) is 53.7 Å². The van der Waals surface area contributed by atoms with E-state index in [1.54, 1.807) is 18.2 Å².